The molecule has 0 saturated heterocycles. The molecule has 2 aromatic carbocycles. The Morgan fingerprint density at radius 3 is 2.41 bits per heavy atom. The van der Waals surface area contributed by atoms with Crippen LogP contribution in [0.2, 0.25) is 0 Å². The number of nitrogens with zero attached hydrogens (tertiary/aromatic N) is 2. The Morgan fingerprint density at radius 1 is 1.07 bits per heavy atom. The van der Waals surface area contributed by atoms with E-state index < -0.39 is 5.91 Å². The molecule has 0 saturated carbocycles. The normalized spacial score (nSPS) is 10.6. The fraction of sp³-hybridized carbons (Fsp3) is 0.190. The van der Waals surface area contributed by atoms with Crippen LogP contribution in [0.1, 0.15) is 33.7 Å². The van der Waals surface area contributed by atoms with Gasteiger partial charge in [0.05, 0.1) is 22.6 Å². The highest BCUT2D eigenvalue weighted by Gasteiger charge is 2.10. The fourth-order valence-corrected chi connectivity index (χ4v) is 2.97. The van der Waals surface area contributed by atoms with Gasteiger partial charge in [-0.25, -0.2) is 4.68 Å². The minimum Gasteiger partial charge on any atom is -0.366 e. The predicted octanol–water partition coefficient (Wildman–Crippen LogP) is 3.16. The van der Waals surface area contributed by atoms with E-state index >= 15 is 0 Å². The topological polar surface area (TPSA) is 90.0 Å². The SMILES string of the molecule is Cc1cc(C)n(-c2ccc(CCC(=O)Nc3ccccc3C(N)=O)cc2)n1. The second kappa shape index (κ2) is 7.86. The van der Waals surface area contributed by atoms with Crippen LogP contribution in [0.4, 0.5) is 5.69 Å². The summed E-state index contributed by atoms with van der Waals surface area (Å²) in [5.41, 5.74) is 10.2. The van der Waals surface area contributed by atoms with Crippen molar-refractivity contribution in [3.8, 4) is 5.69 Å². The maximum Gasteiger partial charge on any atom is 0.250 e. The Kier molecular flexibility index (Phi) is 5.35. The van der Waals surface area contributed by atoms with E-state index in [1.54, 1.807) is 24.3 Å². The quantitative estimate of drug-likeness (QED) is 0.706. The molecule has 6 nitrogen and oxygen atoms in total. The number of anilines is 1. The molecule has 1 heterocycles. The third kappa shape index (κ3) is 4.41. The highest BCUT2D eigenvalue weighted by atomic mass is 16.2. The molecule has 0 aliphatic rings. The average Bonchev–Trinajstić information content (AvgIpc) is 2.99. The van der Waals surface area contributed by atoms with Crippen LogP contribution in [0.25, 0.3) is 5.69 Å². The molecule has 0 spiro atoms. The van der Waals surface area contributed by atoms with Crippen molar-refractivity contribution in [3.63, 3.8) is 0 Å². The molecule has 0 aliphatic heterocycles. The van der Waals surface area contributed by atoms with Gasteiger partial charge in [-0.15, -0.1) is 0 Å². The number of nitrogens with two attached hydrogens (primary N) is 1. The zero-order valence-corrected chi connectivity index (χ0v) is 15.4. The predicted molar refractivity (Wildman–Crippen MR) is 105 cm³/mol. The van der Waals surface area contributed by atoms with Gasteiger partial charge in [0.15, 0.2) is 0 Å². The van der Waals surface area contributed by atoms with Gasteiger partial charge < -0.3 is 11.1 Å². The van der Waals surface area contributed by atoms with Crippen molar-refractivity contribution in [1.29, 1.82) is 0 Å². The number of para-hydroxylation sites is 1. The summed E-state index contributed by atoms with van der Waals surface area (Å²) in [7, 11) is 0. The average molecular weight is 362 g/mol. The van der Waals surface area contributed by atoms with Crippen LogP contribution in [0.5, 0.6) is 0 Å². The molecule has 0 atom stereocenters. The number of carbonyl (C=O) groups is 2. The summed E-state index contributed by atoms with van der Waals surface area (Å²) in [6, 6.07) is 16.7. The smallest absolute Gasteiger partial charge is 0.250 e. The van der Waals surface area contributed by atoms with Gasteiger partial charge in [-0.3, -0.25) is 9.59 Å². The van der Waals surface area contributed by atoms with Gasteiger partial charge in [-0.1, -0.05) is 24.3 Å². The Labute approximate surface area is 158 Å². The number of hydrogen-bond acceptors (Lipinski definition) is 3. The summed E-state index contributed by atoms with van der Waals surface area (Å²) in [6.07, 6.45) is 0.911. The molecule has 3 aromatic rings. The molecule has 3 rings (SSSR count). The number of hydrogen-bond donors (Lipinski definition) is 2. The van der Waals surface area contributed by atoms with Gasteiger partial charge in [0.1, 0.15) is 0 Å². The summed E-state index contributed by atoms with van der Waals surface area (Å²) < 4.78 is 1.90. The van der Waals surface area contributed by atoms with Crippen molar-refractivity contribution in [1.82, 2.24) is 9.78 Å². The highest BCUT2D eigenvalue weighted by molar-refractivity contribution is 6.02. The van der Waals surface area contributed by atoms with E-state index in [1.165, 1.54) is 0 Å². The van der Waals surface area contributed by atoms with E-state index in [-0.39, 0.29) is 5.91 Å². The monoisotopic (exact) mass is 362 g/mol. The second-order valence-electron chi connectivity index (χ2n) is 6.46. The van der Waals surface area contributed by atoms with Gasteiger partial charge in [-0.05, 0) is 56.2 Å². The van der Waals surface area contributed by atoms with Crippen LogP contribution in [0.15, 0.2) is 54.6 Å². The Morgan fingerprint density at radius 2 is 1.78 bits per heavy atom. The number of aryl methyl sites for hydroxylation is 3. The Balaban J connectivity index is 1.61. The molecular formula is C21H22N4O2. The summed E-state index contributed by atoms with van der Waals surface area (Å²) in [5.74, 6) is -0.725. The van der Waals surface area contributed by atoms with Crippen LogP contribution in [0.3, 0.4) is 0 Å². The highest BCUT2D eigenvalue weighted by Crippen LogP contribution is 2.16. The summed E-state index contributed by atoms with van der Waals surface area (Å²) in [6.45, 7) is 3.98. The lowest BCUT2D eigenvalue weighted by molar-refractivity contribution is -0.116. The standard InChI is InChI=1S/C21H22N4O2/c1-14-13-15(2)25(24-14)17-10-7-16(8-11-17)9-12-20(26)23-19-6-4-3-5-18(19)21(22)27/h3-8,10-11,13H,9,12H2,1-2H3,(H2,22,27)(H,23,26). The Hall–Kier alpha value is -3.41. The number of rotatable bonds is 6. The van der Waals surface area contributed by atoms with Crippen molar-refractivity contribution in [2.24, 2.45) is 5.73 Å². The minimum absolute atomic E-state index is 0.161. The van der Waals surface area contributed by atoms with Crippen molar-refractivity contribution in [2.45, 2.75) is 26.7 Å². The van der Waals surface area contributed by atoms with Crippen molar-refractivity contribution >= 4 is 17.5 Å². The van der Waals surface area contributed by atoms with Gasteiger partial charge in [0, 0.05) is 12.1 Å². The van der Waals surface area contributed by atoms with Crippen LogP contribution in [-0.2, 0) is 11.2 Å². The van der Waals surface area contributed by atoms with Gasteiger partial charge in [-0.2, -0.15) is 5.10 Å². The van der Waals surface area contributed by atoms with Crippen molar-refractivity contribution in [3.05, 3.63) is 77.1 Å². The third-order valence-electron chi connectivity index (χ3n) is 4.30. The molecule has 138 valence electrons. The van der Waals surface area contributed by atoms with Crippen LogP contribution in [-0.4, -0.2) is 21.6 Å². The van der Waals surface area contributed by atoms with Crippen LogP contribution in [0, 0.1) is 13.8 Å². The van der Waals surface area contributed by atoms with E-state index in [2.05, 4.69) is 10.4 Å². The summed E-state index contributed by atoms with van der Waals surface area (Å²) in [4.78, 5) is 23.6. The van der Waals surface area contributed by atoms with Crippen LogP contribution >= 0.6 is 0 Å². The molecule has 0 bridgehead atoms. The first-order valence-electron chi connectivity index (χ1n) is 8.75. The molecular weight excluding hydrogens is 340 g/mol. The number of nitrogens with one attached hydrogen (secondary N) is 1. The largest absolute Gasteiger partial charge is 0.366 e. The molecule has 0 aliphatic carbocycles. The summed E-state index contributed by atoms with van der Waals surface area (Å²) >= 11 is 0. The molecule has 0 unspecified atom stereocenters. The van der Waals surface area contributed by atoms with E-state index in [9.17, 15) is 9.59 Å². The molecule has 0 radical (unpaired) electrons. The van der Waals surface area contributed by atoms with Crippen LogP contribution < -0.4 is 11.1 Å². The van der Waals surface area contributed by atoms with E-state index in [1.807, 2.05) is 48.9 Å². The van der Waals surface area contributed by atoms with E-state index in [4.69, 9.17) is 5.73 Å². The van der Waals surface area contributed by atoms with Gasteiger partial charge in [0.25, 0.3) is 5.91 Å². The van der Waals surface area contributed by atoms with Gasteiger partial charge in [0.2, 0.25) is 5.91 Å². The molecule has 27 heavy (non-hydrogen) atoms. The lowest BCUT2D eigenvalue weighted by Crippen LogP contribution is -2.18. The maximum absolute atomic E-state index is 12.2. The third-order valence-corrected chi connectivity index (χ3v) is 4.30. The molecule has 1 aromatic heterocycles. The van der Waals surface area contributed by atoms with Crippen molar-refractivity contribution < 1.29 is 9.59 Å². The zero-order valence-electron chi connectivity index (χ0n) is 15.4. The molecule has 3 N–H and O–H groups in total. The van der Waals surface area contributed by atoms with Crippen molar-refractivity contribution in [2.75, 3.05) is 5.32 Å². The maximum atomic E-state index is 12.2. The number of carbonyl (C=O) groups excluding carboxylic acids is 2. The number of benzene rings is 2. The minimum atomic E-state index is -0.564. The number of amides is 2. The van der Waals surface area contributed by atoms with Gasteiger partial charge >= 0.3 is 0 Å². The lowest BCUT2D eigenvalue weighted by atomic mass is 10.1. The number of primary amides is 1. The molecule has 6 heteroatoms. The second-order valence-corrected chi connectivity index (χ2v) is 6.46. The first kappa shape index (κ1) is 18.4. The van der Waals surface area contributed by atoms with E-state index in [0.717, 1.165) is 22.6 Å². The summed E-state index contributed by atoms with van der Waals surface area (Å²) in [5, 5.41) is 7.22. The lowest BCUT2D eigenvalue weighted by Gasteiger charge is -2.09. The zero-order chi connectivity index (χ0) is 19.4. The first-order chi connectivity index (χ1) is 12.9. The number of aromatic nitrogens is 2. The fourth-order valence-electron chi connectivity index (χ4n) is 2.97. The molecule has 0 fully saturated rings. The first-order valence-corrected chi connectivity index (χ1v) is 8.75. The molecule has 2 amide bonds. The van der Waals surface area contributed by atoms with E-state index in [0.29, 0.717) is 24.1 Å². The Bertz CT molecular complexity index is 974.